The third-order valence-electron chi connectivity index (χ3n) is 4.58. The third-order valence-corrected chi connectivity index (χ3v) is 5.11. The SMILES string of the molecule is CCN(CC)c1ccc(NC(=O)Cn2nc(-c3ccc(Br)cc3)ccc2=O)cc1. The monoisotopic (exact) mass is 454 g/mol. The molecule has 150 valence electrons. The van der Waals surface area contributed by atoms with E-state index < -0.39 is 0 Å². The molecule has 1 aromatic heterocycles. The van der Waals surface area contributed by atoms with E-state index in [1.54, 1.807) is 6.07 Å². The van der Waals surface area contributed by atoms with E-state index in [0.717, 1.165) is 28.8 Å². The van der Waals surface area contributed by atoms with E-state index in [2.05, 4.69) is 45.1 Å². The number of aromatic nitrogens is 2. The van der Waals surface area contributed by atoms with Crippen molar-refractivity contribution in [1.29, 1.82) is 0 Å². The van der Waals surface area contributed by atoms with Gasteiger partial charge in [0.15, 0.2) is 0 Å². The van der Waals surface area contributed by atoms with Crippen LogP contribution in [0.3, 0.4) is 0 Å². The maximum atomic E-state index is 12.4. The van der Waals surface area contributed by atoms with Gasteiger partial charge in [0.1, 0.15) is 6.54 Å². The molecule has 3 aromatic rings. The molecular weight excluding hydrogens is 432 g/mol. The average molecular weight is 455 g/mol. The van der Waals surface area contributed by atoms with Crippen LogP contribution in [-0.2, 0) is 11.3 Å². The van der Waals surface area contributed by atoms with E-state index in [1.165, 1.54) is 10.7 Å². The first-order valence-electron chi connectivity index (χ1n) is 9.49. The lowest BCUT2D eigenvalue weighted by molar-refractivity contribution is -0.117. The summed E-state index contributed by atoms with van der Waals surface area (Å²) in [6.45, 7) is 5.90. The number of hydrogen-bond acceptors (Lipinski definition) is 4. The van der Waals surface area contributed by atoms with Crippen molar-refractivity contribution in [2.45, 2.75) is 20.4 Å². The Bertz CT molecular complexity index is 1030. The zero-order chi connectivity index (χ0) is 20.8. The standard InChI is InChI=1S/C22H23BrN4O2/c1-3-26(4-2)19-11-9-18(10-12-19)24-21(28)15-27-22(29)14-13-20(25-27)16-5-7-17(23)8-6-16/h5-14H,3-4,15H2,1-2H3,(H,24,28). The fourth-order valence-electron chi connectivity index (χ4n) is 3.02. The molecule has 0 saturated heterocycles. The number of nitrogens with zero attached hydrogens (tertiary/aromatic N) is 3. The van der Waals surface area contributed by atoms with Crippen molar-refractivity contribution in [1.82, 2.24) is 9.78 Å². The van der Waals surface area contributed by atoms with Crippen molar-refractivity contribution >= 4 is 33.2 Å². The minimum Gasteiger partial charge on any atom is -0.372 e. The highest BCUT2D eigenvalue weighted by Gasteiger charge is 2.09. The number of nitrogens with one attached hydrogen (secondary N) is 1. The van der Waals surface area contributed by atoms with Crippen LogP contribution in [0.1, 0.15) is 13.8 Å². The van der Waals surface area contributed by atoms with Gasteiger partial charge in [0.05, 0.1) is 5.69 Å². The molecule has 0 atom stereocenters. The molecule has 0 saturated carbocycles. The molecule has 29 heavy (non-hydrogen) atoms. The van der Waals surface area contributed by atoms with Gasteiger partial charge >= 0.3 is 0 Å². The summed E-state index contributed by atoms with van der Waals surface area (Å²) >= 11 is 3.40. The van der Waals surface area contributed by atoms with E-state index in [-0.39, 0.29) is 18.0 Å². The van der Waals surface area contributed by atoms with E-state index in [0.29, 0.717) is 11.4 Å². The molecule has 0 spiro atoms. The first-order chi connectivity index (χ1) is 14.0. The summed E-state index contributed by atoms with van der Waals surface area (Å²) < 4.78 is 2.14. The molecule has 0 aliphatic rings. The molecular formula is C22H23BrN4O2. The van der Waals surface area contributed by atoms with Crippen LogP contribution in [0.4, 0.5) is 11.4 Å². The fourth-order valence-corrected chi connectivity index (χ4v) is 3.28. The van der Waals surface area contributed by atoms with Crippen LogP contribution < -0.4 is 15.8 Å². The topological polar surface area (TPSA) is 67.2 Å². The highest BCUT2D eigenvalue weighted by Crippen LogP contribution is 2.19. The molecule has 1 heterocycles. The van der Waals surface area contributed by atoms with Crippen LogP contribution in [0, 0.1) is 0 Å². The van der Waals surface area contributed by atoms with Crippen LogP contribution in [0.2, 0.25) is 0 Å². The second kappa shape index (κ2) is 9.52. The number of anilines is 2. The molecule has 1 amide bonds. The quantitative estimate of drug-likeness (QED) is 0.581. The highest BCUT2D eigenvalue weighted by atomic mass is 79.9. The predicted molar refractivity (Wildman–Crippen MR) is 120 cm³/mol. The van der Waals surface area contributed by atoms with Crippen LogP contribution in [0.15, 0.2) is 69.9 Å². The lowest BCUT2D eigenvalue weighted by Crippen LogP contribution is -2.29. The largest absolute Gasteiger partial charge is 0.372 e. The second-order valence-corrected chi connectivity index (χ2v) is 7.40. The van der Waals surface area contributed by atoms with Gasteiger partial charge in [-0.25, -0.2) is 4.68 Å². The normalized spacial score (nSPS) is 10.6. The molecule has 0 radical (unpaired) electrons. The van der Waals surface area contributed by atoms with Crippen molar-refractivity contribution in [2.75, 3.05) is 23.3 Å². The Kier molecular flexibility index (Phi) is 6.82. The number of carbonyl (C=O) groups is 1. The third kappa shape index (κ3) is 5.32. The Balaban J connectivity index is 1.71. The molecule has 0 bridgehead atoms. The fraction of sp³-hybridized carbons (Fsp3) is 0.227. The van der Waals surface area contributed by atoms with Gasteiger partial charge in [-0.3, -0.25) is 9.59 Å². The molecule has 0 aliphatic carbocycles. The van der Waals surface area contributed by atoms with Crippen molar-refractivity contribution < 1.29 is 4.79 Å². The lowest BCUT2D eigenvalue weighted by Gasteiger charge is -2.21. The summed E-state index contributed by atoms with van der Waals surface area (Å²) in [5, 5.41) is 7.16. The summed E-state index contributed by atoms with van der Waals surface area (Å²) in [6, 6.07) is 18.4. The van der Waals surface area contributed by atoms with E-state index in [9.17, 15) is 9.59 Å². The second-order valence-electron chi connectivity index (χ2n) is 6.49. The Morgan fingerprint density at radius 1 is 1.00 bits per heavy atom. The van der Waals surface area contributed by atoms with E-state index in [4.69, 9.17) is 0 Å². The van der Waals surface area contributed by atoms with Gasteiger partial charge in [0.2, 0.25) is 5.91 Å². The summed E-state index contributed by atoms with van der Waals surface area (Å²) in [6.07, 6.45) is 0. The molecule has 2 aromatic carbocycles. The number of benzene rings is 2. The van der Waals surface area contributed by atoms with E-state index in [1.807, 2.05) is 48.5 Å². The van der Waals surface area contributed by atoms with Crippen LogP contribution in [-0.4, -0.2) is 28.8 Å². The molecule has 1 N–H and O–H groups in total. The smallest absolute Gasteiger partial charge is 0.267 e. The summed E-state index contributed by atoms with van der Waals surface area (Å²) in [5.41, 5.74) is 2.97. The van der Waals surface area contributed by atoms with Crippen LogP contribution in [0.25, 0.3) is 11.3 Å². The first-order valence-corrected chi connectivity index (χ1v) is 10.3. The molecule has 0 fully saturated rings. The lowest BCUT2D eigenvalue weighted by atomic mass is 10.1. The first kappa shape index (κ1) is 20.8. The summed E-state index contributed by atoms with van der Waals surface area (Å²) in [4.78, 5) is 26.8. The molecule has 0 aliphatic heterocycles. The maximum Gasteiger partial charge on any atom is 0.267 e. The summed E-state index contributed by atoms with van der Waals surface area (Å²) in [7, 11) is 0. The zero-order valence-electron chi connectivity index (χ0n) is 16.4. The molecule has 7 heteroatoms. The zero-order valence-corrected chi connectivity index (χ0v) is 18.0. The number of halogens is 1. The Labute approximate surface area is 178 Å². The van der Waals surface area contributed by atoms with Crippen molar-refractivity contribution in [3.05, 3.63) is 75.5 Å². The van der Waals surface area contributed by atoms with Gasteiger partial charge in [-0.2, -0.15) is 5.10 Å². The predicted octanol–water partition coefficient (Wildman–Crippen LogP) is 4.16. The number of rotatable bonds is 7. The number of carbonyl (C=O) groups excluding carboxylic acids is 1. The van der Waals surface area contributed by atoms with Gasteiger partial charge in [-0.05, 0) is 56.3 Å². The minimum absolute atomic E-state index is 0.152. The molecule has 6 nitrogen and oxygen atoms in total. The highest BCUT2D eigenvalue weighted by molar-refractivity contribution is 9.10. The number of hydrogen-bond donors (Lipinski definition) is 1. The van der Waals surface area contributed by atoms with Gasteiger partial charge in [-0.15, -0.1) is 0 Å². The van der Waals surface area contributed by atoms with Gasteiger partial charge in [0, 0.05) is 40.6 Å². The Morgan fingerprint density at radius 3 is 2.28 bits per heavy atom. The van der Waals surface area contributed by atoms with Gasteiger partial charge < -0.3 is 10.2 Å². The van der Waals surface area contributed by atoms with Crippen LogP contribution >= 0.6 is 15.9 Å². The Hall–Kier alpha value is -2.93. The van der Waals surface area contributed by atoms with E-state index >= 15 is 0 Å². The maximum absolute atomic E-state index is 12.4. The Morgan fingerprint density at radius 2 is 1.66 bits per heavy atom. The van der Waals surface area contributed by atoms with Crippen molar-refractivity contribution in [2.24, 2.45) is 0 Å². The molecule has 0 unspecified atom stereocenters. The minimum atomic E-state index is -0.321. The average Bonchev–Trinajstić information content (AvgIpc) is 2.72. The van der Waals surface area contributed by atoms with Crippen molar-refractivity contribution in [3.63, 3.8) is 0 Å². The van der Waals surface area contributed by atoms with Crippen molar-refractivity contribution in [3.8, 4) is 11.3 Å². The number of amides is 1. The van der Waals surface area contributed by atoms with Crippen LogP contribution in [0.5, 0.6) is 0 Å². The van der Waals surface area contributed by atoms with Gasteiger partial charge in [-0.1, -0.05) is 28.1 Å². The van der Waals surface area contributed by atoms with Gasteiger partial charge in [0.25, 0.3) is 5.56 Å². The summed E-state index contributed by atoms with van der Waals surface area (Å²) in [5.74, 6) is -0.303. The molecule has 3 rings (SSSR count).